The summed E-state index contributed by atoms with van der Waals surface area (Å²) in [7, 11) is 1.58. The third kappa shape index (κ3) is 3.57. The summed E-state index contributed by atoms with van der Waals surface area (Å²) in [6.07, 6.45) is 0. The molecule has 26 heavy (non-hydrogen) atoms. The minimum Gasteiger partial charge on any atom is -0.497 e. The van der Waals surface area contributed by atoms with Crippen molar-refractivity contribution in [2.45, 2.75) is 6.04 Å². The zero-order valence-electron chi connectivity index (χ0n) is 13.7. The molecule has 1 unspecified atom stereocenters. The first-order chi connectivity index (χ1) is 12.5. The van der Waals surface area contributed by atoms with E-state index in [1.165, 1.54) is 0 Å². The first-order valence-corrected chi connectivity index (χ1v) is 8.38. The van der Waals surface area contributed by atoms with E-state index in [-0.39, 0.29) is 10.7 Å². The monoisotopic (exact) mass is 385 g/mol. The fraction of sp³-hybridized carbons (Fsp3) is 0.105. The number of hydrogen-bond donors (Lipinski definition) is 1. The molecule has 0 saturated heterocycles. The molecule has 3 rings (SSSR count). The molecule has 0 fully saturated rings. The fourth-order valence-electron chi connectivity index (χ4n) is 2.49. The van der Waals surface area contributed by atoms with Crippen LogP contribution < -0.4 is 10.1 Å². The van der Waals surface area contributed by atoms with E-state index < -0.39 is 11.9 Å². The Morgan fingerprint density at radius 3 is 2.77 bits per heavy atom. The lowest BCUT2D eigenvalue weighted by molar-refractivity contribution is 0.0940. The second-order valence-corrected chi connectivity index (χ2v) is 6.22. The number of fused-ring (bicyclic) bond motifs is 1. The first kappa shape index (κ1) is 18.0. The highest BCUT2D eigenvalue weighted by molar-refractivity contribution is 6.42. The van der Waals surface area contributed by atoms with Crippen LogP contribution in [0.1, 0.15) is 22.1 Å². The Kier molecular flexibility index (Phi) is 5.27. The van der Waals surface area contributed by atoms with E-state index in [9.17, 15) is 10.1 Å². The molecule has 2 aromatic carbocycles. The number of methoxy groups -OCH3 is 1. The van der Waals surface area contributed by atoms with Crippen LogP contribution >= 0.6 is 23.2 Å². The van der Waals surface area contributed by atoms with Gasteiger partial charge in [0, 0.05) is 10.9 Å². The Balaban J connectivity index is 1.87. The smallest absolute Gasteiger partial charge is 0.271 e. The molecule has 5 nitrogen and oxygen atoms in total. The van der Waals surface area contributed by atoms with Gasteiger partial charge in [0.05, 0.1) is 28.7 Å². The van der Waals surface area contributed by atoms with Crippen LogP contribution in [0.4, 0.5) is 0 Å². The lowest BCUT2D eigenvalue weighted by atomic mass is 10.1. The van der Waals surface area contributed by atoms with Gasteiger partial charge in [-0.25, -0.2) is 4.98 Å². The molecule has 0 spiro atoms. The molecule has 130 valence electrons. The number of pyridine rings is 1. The number of amides is 1. The number of hydrogen-bond acceptors (Lipinski definition) is 4. The molecule has 0 aliphatic rings. The maximum absolute atomic E-state index is 12.5. The van der Waals surface area contributed by atoms with Gasteiger partial charge in [-0.15, -0.1) is 0 Å². The maximum atomic E-state index is 12.5. The third-order valence-corrected chi connectivity index (χ3v) is 4.66. The van der Waals surface area contributed by atoms with Gasteiger partial charge < -0.3 is 10.1 Å². The van der Waals surface area contributed by atoms with Crippen molar-refractivity contribution in [1.82, 2.24) is 10.3 Å². The molecule has 0 aliphatic carbocycles. The van der Waals surface area contributed by atoms with Crippen molar-refractivity contribution in [3.63, 3.8) is 0 Å². The van der Waals surface area contributed by atoms with Crippen molar-refractivity contribution in [3.8, 4) is 11.8 Å². The van der Waals surface area contributed by atoms with Gasteiger partial charge >= 0.3 is 0 Å². The summed E-state index contributed by atoms with van der Waals surface area (Å²) in [5.74, 6) is 0.224. The Morgan fingerprint density at radius 1 is 1.23 bits per heavy atom. The van der Waals surface area contributed by atoms with Gasteiger partial charge in [-0.2, -0.15) is 5.26 Å². The Hall–Kier alpha value is -2.81. The lowest BCUT2D eigenvalue weighted by Crippen LogP contribution is -2.28. The van der Waals surface area contributed by atoms with Gasteiger partial charge in [-0.3, -0.25) is 4.79 Å². The number of carbonyl (C=O) groups is 1. The molecule has 1 amide bonds. The van der Waals surface area contributed by atoms with Gasteiger partial charge in [-0.1, -0.05) is 41.4 Å². The number of carbonyl (C=O) groups excluding carboxylic acids is 1. The zero-order valence-corrected chi connectivity index (χ0v) is 15.2. The molecular weight excluding hydrogens is 373 g/mol. The van der Waals surface area contributed by atoms with E-state index in [2.05, 4.69) is 10.3 Å². The van der Waals surface area contributed by atoms with E-state index in [1.807, 2.05) is 12.1 Å². The van der Waals surface area contributed by atoms with E-state index in [0.717, 1.165) is 5.39 Å². The SMILES string of the molecule is COc1ccc2nc(C(=O)NC(C#N)c3cccc(Cl)c3Cl)ccc2c1. The van der Waals surface area contributed by atoms with Crippen LogP contribution in [-0.2, 0) is 0 Å². The number of nitriles is 1. The highest BCUT2D eigenvalue weighted by Crippen LogP contribution is 2.30. The normalized spacial score (nSPS) is 11.6. The van der Waals surface area contributed by atoms with Crippen molar-refractivity contribution >= 4 is 40.0 Å². The average Bonchev–Trinajstić information content (AvgIpc) is 2.67. The molecule has 1 aromatic heterocycles. The quantitative estimate of drug-likeness (QED) is 0.714. The largest absolute Gasteiger partial charge is 0.497 e. The zero-order chi connectivity index (χ0) is 18.7. The standard InChI is InChI=1S/C19H13Cl2N3O2/c1-26-12-6-8-15-11(9-12)5-7-16(23-15)19(25)24-17(10-22)13-3-2-4-14(20)18(13)21/h2-9,17H,1H3,(H,24,25). The molecule has 1 atom stereocenters. The molecule has 1 heterocycles. The van der Waals surface area contributed by atoms with E-state index in [4.69, 9.17) is 27.9 Å². The molecule has 0 radical (unpaired) electrons. The number of benzene rings is 2. The van der Waals surface area contributed by atoms with Gasteiger partial charge in [0.25, 0.3) is 5.91 Å². The van der Waals surface area contributed by atoms with E-state index in [1.54, 1.807) is 49.6 Å². The summed E-state index contributed by atoms with van der Waals surface area (Å²) in [5.41, 5.74) is 1.27. The Morgan fingerprint density at radius 2 is 2.04 bits per heavy atom. The van der Waals surface area contributed by atoms with E-state index >= 15 is 0 Å². The van der Waals surface area contributed by atoms with Gasteiger partial charge in [0.2, 0.25) is 0 Å². The van der Waals surface area contributed by atoms with E-state index in [0.29, 0.717) is 21.9 Å². The summed E-state index contributed by atoms with van der Waals surface area (Å²) >= 11 is 12.1. The number of nitrogens with zero attached hydrogens (tertiary/aromatic N) is 2. The van der Waals surface area contributed by atoms with Gasteiger partial charge in [0.1, 0.15) is 17.5 Å². The van der Waals surface area contributed by atoms with Crippen molar-refractivity contribution < 1.29 is 9.53 Å². The van der Waals surface area contributed by atoms with Gasteiger partial charge in [-0.05, 0) is 30.3 Å². The summed E-state index contributed by atoms with van der Waals surface area (Å²) in [4.78, 5) is 16.9. The van der Waals surface area contributed by atoms with Crippen molar-refractivity contribution in [2.24, 2.45) is 0 Å². The van der Waals surface area contributed by atoms with Crippen LogP contribution in [0.15, 0.2) is 48.5 Å². The highest BCUT2D eigenvalue weighted by atomic mass is 35.5. The minimum atomic E-state index is -0.943. The summed E-state index contributed by atoms with van der Waals surface area (Å²) in [6, 6.07) is 14.7. The predicted octanol–water partition coefficient (Wildman–Crippen LogP) is 4.54. The molecule has 0 bridgehead atoms. The number of rotatable bonds is 4. The summed E-state index contributed by atoms with van der Waals surface area (Å²) in [5, 5.41) is 13.4. The summed E-state index contributed by atoms with van der Waals surface area (Å²) in [6.45, 7) is 0. The molecule has 0 saturated carbocycles. The lowest BCUT2D eigenvalue weighted by Gasteiger charge is -2.14. The second kappa shape index (κ2) is 7.61. The molecular formula is C19H13Cl2N3O2. The predicted molar refractivity (Wildman–Crippen MR) is 101 cm³/mol. The molecule has 0 aliphatic heterocycles. The topological polar surface area (TPSA) is 75.0 Å². The van der Waals surface area contributed by atoms with Gasteiger partial charge in [0.15, 0.2) is 0 Å². The fourth-order valence-corrected chi connectivity index (χ4v) is 2.90. The van der Waals surface area contributed by atoms with Crippen LogP contribution in [0.3, 0.4) is 0 Å². The Labute approximate surface area is 160 Å². The number of halogens is 2. The third-order valence-electron chi connectivity index (χ3n) is 3.83. The summed E-state index contributed by atoms with van der Waals surface area (Å²) < 4.78 is 5.17. The van der Waals surface area contributed by atoms with Crippen molar-refractivity contribution in [3.05, 3.63) is 69.8 Å². The highest BCUT2D eigenvalue weighted by Gasteiger charge is 2.20. The Bertz CT molecular complexity index is 1030. The van der Waals surface area contributed by atoms with Crippen molar-refractivity contribution in [1.29, 1.82) is 5.26 Å². The maximum Gasteiger partial charge on any atom is 0.271 e. The van der Waals surface area contributed by atoms with Crippen molar-refractivity contribution in [2.75, 3.05) is 7.11 Å². The second-order valence-electron chi connectivity index (χ2n) is 5.43. The molecule has 1 N–H and O–H groups in total. The number of ether oxygens (including phenoxy) is 1. The van der Waals surface area contributed by atoms with Crippen LogP contribution in [0.5, 0.6) is 5.75 Å². The molecule has 7 heteroatoms. The van der Waals surface area contributed by atoms with Crippen LogP contribution in [0.25, 0.3) is 10.9 Å². The molecule has 3 aromatic rings. The van der Waals surface area contributed by atoms with Crippen LogP contribution in [-0.4, -0.2) is 18.0 Å². The first-order valence-electron chi connectivity index (χ1n) is 7.62. The average molecular weight is 386 g/mol. The van der Waals surface area contributed by atoms with Crippen LogP contribution in [0, 0.1) is 11.3 Å². The van der Waals surface area contributed by atoms with Crippen LogP contribution in [0.2, 0.25) is 10.0 Å². The minimum absolute atomic E-state index is 0.195. The number of nitrogens with one attached hydrogen (secondary N) is 1. The number of aromatic nitrogens is 1.